The van der Waals surface area contributed by atoms with Crippen molar-refractivity contribution in [3.05, 3.63) is 35.7 Å². The smallest absolute Gasteiger partial charge is 0.0326 e. The van der Waals surface area contributed by atoms with Crippen molar-refractivity contribution < 1.29 is 0 Å². The van der Waals surface area contributed by atoms with Gasteiger partial charge in [-0.15, -0.1) is 0 Å². The second-order valence-electron chi connectivity index (χ2n) is 5.03. The molecule has 0 saturated carbocycles. The van der Waals surface area contributed by atoms with Crippen molar-refractivity contribution in [2.75, 3.05) is 20.1 Å². The Labute approximate surface area is 112 Å². The highest BCUT2D eigenvalue weighted by molar-refractivity contribution is 5.26. The van der Waals surface area contributed by atoms with Crippen LogP contribution < -0.4 is 5.32 Å². The third-order valence-electron chi connectivity index (χ3n) is 3.60. The van der Waals surface area contributed by atoms with E-state index in [0.29, 0.717) is 0 Å². The number of nitrogens with one attached hydrogen (secondary N) is 1. The molecule has 0 aliphatic carbocycles. The third kappa shape index (κ3) is 4.59. The van der Waals surface area contributed by atoms with Gasteiger partial charge in [-0.25, -0.2) is 0 Å². The average Bonchev–Trinajstić information content (AvgIpc) is 2.39. The molecule has 102 valence electrons. The largest absolute Gasteiger partial charge is 0.388 e. The van der Waals surface area contributed by atoms with Gasteiger partial charge in [-0.05, 0) is 44.3 Å². The molecule has 1 saturated heterocycles. The number of likely N-dealkylation sites (N-methyl/N-ethyl adjacent to an activating group) is 1. The molecule has 2 nitrogen and oxygen atoms in total. The molecule has 0 aromatic heterocycles. The molecule has 18 heavy (non-hydrogen) atoms. The predicted molar refractivity (Wildman–Crippen MR) is 80.3 cm³/mol. The molecule has 0 atom stereocenters. The molecule has 0 unspecified atom stereocenters. The first-order valence-electron chi connectivity index (χ1n) is 7.18. The highest BCUT2D eigenvalue weighted by atomic mass is 15.1. The minimum Gasteiger partial charge on any atom is -0.388 e. The van der Waals surface area contributed by atoms with Gasteiger partial charge >= 0.3 is 0 Å². The van der Waals surface area contributed by atoms with Gasteiger partial charge in [0.15, 0.2) is 0 Å². The fourth-order valence-corrected chi connectivity index (χ4v) is 2.28. The Morgan fingerprint density at radius 2 is 1.94 bits per heavy atom. The molecule has 1 aliphatic heterocycles. The van der Waals surface area contributed by atoms with Crippen LogP contribution in [0.25, 0.3) is 0 Å². The van der Waals surface area contributed by atoms with Crippen LogP contribution in [0.1, 0.15) is 40.0 Å². The standard InChI is InChI=1S/C16H28N2/c1-5-7-16(9-8-15(6-2)17-4)18-12-10-14(3)11-13-18/h6-9,14,17H,5,10-13H2,1-4H3/b9-8-,15-6+,16-7+. The molecule has 1 aliphatic rings. The zero-order chi connectivity index (χ0) is 13.4. The topological polar surface area (TPSA) is 15.3 Å². The molecular formula is C16H28N2. The highest BCUT2D eigenvalue weighted by Crippen LogP contribution is 2.20. The second kappa shape index (κ2) is 8.02. The van der Waals surface area contributed by atoms with Crippen molar-refractivity contribution in [3.8, 4) is 0 Å². The quantitative estimate of drug-likeness (QED) is 0.746. The summed E-state index contributed by atoms with van der Waals surface area (Å²) in [7, 11) is 1.96. The Bertz CT molecular complexity index is 318. The predicted octanol–water partition coefficient (Wildman–Crippen LogP) is 3.69. The lowest BCUT2D eigenvalue weighted by molar-refractivity contribution is 0.242. The van der Waals surface area contributed by atoms with Gasteiger partial charge in [0.25, 0.3) is 0 Å². The maximum Gasteiger partial charge on any atom is 0.0326 e. The fraction of sp³-hybridized carbons (Fsp3) is 0.625. The SMILES string of the molecule is C\C=C(/C=C\C(=C/CC)N1CCC(C)CC1)NC. The van der Waals surface area contributed by atoms with E-state index in [9.17, 15) is 0 Å². The van der Waals surface area contributed by atoms with E-state index < -0.39 is 0 Å². The van der Waals surface area contributed by atoms with Crippen molar-refractivity contribution in [2.24, 2.45) is 5.92 Å². The van der Waals surface area contributed by atoms with E-state index in [1.807, 2.05) is 7.05 Å². The maximum absolute atomic E-state index is 3.19. The maximum atomic E-state index is 3.19. The minimum absolute atomic E-state index is 0.886. The van der Waals surface area contributed by atoms with Crippen LogP contribution in [-0.4, -0.2) is 25.0 Å². The van der Waals surface area contributed by atoms with E-state index in [1.54, 1.807) is 0 Å². The molecule has 1 N–H and O–H groups in total. The van der Waals surface area contributed by atoms with Gasteiger partial charge in [-0.2, -0.15) is 0 Å². The molecule has 1 rings (SSSR count). The lowest BCUT2D eigenvalue weighted by Gasteiger charge is -2.33. The van der Waals surface area contributed by atoms with Crippen LogP contribution in [0.5, 0.6) is 0 Å². The van der Waals surface area contributed by atoms with Crippen molar-refractivity contribution in [2.45, 2.75) is 40.0 Å². The Balaban J connectivity index is 2.69. The Morgan fingerprint density at radius 1 is 1.28 bits per heavy atom. The van der Waals surface area contributed by atoms with Crippen LogP contribution in [-0.2, 0) is 0 Å². The van der Waals surface area contributed by atoms with E-state index in [1.165, 1.54) is 37.3 Å². The average molecular weight is 248 g/mol. The summed E-state index contributed by atoms with van der Waals surface area (Å²) in [6.45, 7) is 9.01. The number of hydrogen-bond acceptors (Lipinski definition) is 2. The number of likely N-dealkylation sites (tertiary alicyclic amines) is 1. The van der Waals surface area contributed by atoms with Crippen molar-refractivity contribution in [1.29, 1.82) is 0 Å². The van der Waals surface area contributed by atoms with Crippen molar-refractivity contribution in [1.82, 2.24) is 10.2 Å². The monoisotopic (exact) mass is 248 g/mol. The molecule has 0 spiro atoms. The summed E-state index contributed by atoms with van der Waals surface area (Å²) in [6, 6.07) is 0. The van der Waals surface area contributed by atoms with Crippen LogP contribution in [0.15, 0.2) is 35.7 Å². The number of rotatable bonds is 5. The number of nitrogens with zero attached hydrogens (tertiary/aromatic N) is 1. The lowest BCUT2D eigenvalue weighted by atomic mass is 9.98. The molecule has 1 fully saturated rings. The van der Waals surface area contributed by atoms with Gasteiger partial charge in [0, 0.05) is 31.5 Å². The van der Waals surface area contributed by atoms with E-state index in [4.69, 9.17) is 0 Å². The summed E-state index contributed by atoms with van der Waals surface area (Å²) in [6.07, 6.45) is 12.6. The van der Waals surface area contributed by atoms with E-state index in [-0.39, 0.29) is 0 Å². The molecule has 0 radical (unpaired) electrons. The first-order chi connectivity index (χ1) is 8.71. The van der Waals surface area contributed by atoms with Crippen LogP contribution in [0.2, 0.25) is 0 Å². The second-order valence-corrected chi connectivity index (χ2v) is 5.03. The Morgan fingerprint density at radius 3 is 2.44 bits per heavy atom. The molecule has 2 heteroatoms. The number of piperidine rings is 1. The zero-order valence-corrected chi connectivity index (χ0v) is 12.4. The molecule has 1 heterocycles. The van der Waals surface area contributed by atoms with E-state index in [0.717, 1.165) is 12.3 Å². The summed E-state index contributed by atoms with van der Waals surface area (Å²) in [5, 5.41) is 3.19. The lowest BCUT2D eigenvalue weighted by Crippen LogP contribution is -2.31. The minimum atomic E-state index is 0.886. The summed E-state index contributed by atoms with van der Waals surface area (Å²) < 4.78 is 0. The van der Waals surface area contributed by atoms with Gasteiger partial charge < -0.3 is 10.2 Å². The number of hydrogen-bond donors (Lipinski definition) is 1. The summed E-state index contributed by atoms with van der Waals surface area (Å²) in [4.78, 5) is 2.52. The fourth-order valence-electron chi connectivity index (χ4n) is 2.28. The van der Waals surface area contributed by atoms with E-state index >= 15 is 0 Å². The van der Waals surface area contributed by atoms with Gasteiger partial charge in [-0.1, -0.05) is 26.0 Å². The third-order valence-corrected chi connectivity index (χ3v) is 3.60. The Hall–Kier alpha value is -1.18. The van der Waals surface area contributed by atoms with Crippen molar-refractivity contribution >= 4 is 0 Å². The summed E-state index contributed by atoms with van der Waals surface area (Å²) in [5.74, 6) is 0.886. The molecule has 0 aromatic rings. The Kier molecular flexibility index (Phi) is 6.63. The highest BCUT2D eigenvalue weighted by Gasteiger charge is 2.16. The van der Waals surface area contributed by atoms with Crippen LogP contribution in [0.3, 0.4) is 0 Å². The molecule has 0 aromatic carbocycles. The van der Waals surface area contributed by atoms with Gasteiger partial charge in [-0.3, -0.25) is 0 Å². The molecular weight excluding hydrogens is 220 g/mol. The summed E-state index contributed by atoms with van der Waals surface area (Å²) in [5.41, 5.74) is 2.54. The van der Waals surface area contributed by atoms with Crippen LogP contribution >= 0.6 is 0 Å². The van der Waals surface area contributed by atoms with E-state index in [2.05, 4.69) is 55.3 Å². The van der Waals surface area contributed by atoms with Gasteiger partial charge in [0.2, 0.25) is 0 Å². The molecule has 0 amide bonds. The van der Waals surface area contributed by atoms with Gasteiger partial charge in [0.1, 0.15) is 0 Å². The number of allylic oxidation sites excluding steroid dienone is 4. The first kappa shape index (κ1) is 14.9. The molecule has 0 bridgehead atoms. The normalized spacial score (nSPS) is 19.7. The van der Waals surface area contributed by atoms with Gasteiger partial charge in [0.05, 0.1) is 0 Å². The zero-order valence-electron chi connectivity index (χ0n) is 12.4. The first-order valence-corrected chi connectivity index (χ1v) is 7.18. The van der Waals surface area contributed by atoms with Crippen LogP contribution in [0.4, 0.5) is 0 Å². The summed E-state index contributed by atoms with van der Waals surface area (Å²) >= 11 is 0. The van der Waals surface area contributed by atoms with Crippen LogP contribution in [0, 0.1) is 5.92 Å². The van der Waals surface area contributed by atoms with Crippen molar-refractivity contribution in [3.63, 3.8) is 0 Å².